The van der Waals surface area contributed by atoms with E-state index in [0.717, 1.165) is 0 Å². The fourth-order valence-electron chi connectivity index (χ4n) is 2.22. The summed E-state index contributed by atoms with van der Waals surface area (Å²) >= 11 is 2.01. The lowest BCUT2D eigenvalue weighted by molar-refractivity contribution is 1.12. The smallest absolute Gasteiger partial charge is 0.0186 e. The summed E-state index contributed by atoms with van der Waals surface area (Å²) in [6, 6.07) is 11.0. The molecule has 14 heavy (non-hydrogen) atoms. The number of fused-ring (bicyclic) bond motifs is 3. The maximum absolute atomic E-state index is 2.32. The van der Waals surface area contributed by atoms with Gasteiger partial charge in [0.1, 0.15) is 0 Å². The average molecular weight is 200 g/mol. The van der Waals surface area contributed by atoms with Crippen LogP contribution in [0.3, 0.4) is 0 Å². The Labute approximate surface area is 88.3 Å². The summed E-state index contributed by atoms with van der Waals surface area (Å²) in [5.41, 5.74) is 3.04. The van der Waals surface area contributed by atoms with Gasteiger partial charge >= 0.3 is 0 Å². The largest absolute Gasteiger partial charge is 0.125 e. The molecule has 1 aliphatic rings. The molecule has 0 saturated heterocycles. The van der Waals surface area contributed by atoms with Crippen molar-refractivity contribution in [3.63, 3.8) is 0 Å². The van der Waals surface area contributed by atoms with Crippen molar-refractivity contribution in [1.29, 1.82) is 0 Å². The Hall–Kier alpha value is -0.950. The van der Waals surface area contributed by atoms with Gasteiger partial charge in [0.2, 0.25) is 0 Å². The van der Waals surface area contributed by atoms with Gasteiger partial charge in [0, 0.05) is 10.6 Å². The quantitative estimate of drug-likeness (QED) is 0.623. The van der Waals surface area contributed by atoms with E-state index in [1.165, 1.54) is 33.4 Å². The van der Waals surface area contributed by atoms with Gasteiger partial charge < -0.3 is 0 Å². The highest BCUT2D eigenvalue weighted by molar-refractivity contribution is 7.99. The zero-order chi connectivity index (χ0) is 9.54. The fourth-order valence-corrected chi connectivity index (χ4v) is 3.51. The second-order valence-electron chi connectivity index (χ2n) is 3.82. The van der Waals surface area contributed by atoms with Gasteiger partial charge in [-0.1, -0.05) is 30.3 Å². The molecule has 0 aromatic heterocycles. The lowest BCUT2D eigenvalue weighted by Gasteiger charge is -2.07. The highest BCUT2D eigenvalue weighted by atomic mass is 32.2. The zero-order valence-corrected chi connectivity index (χ0v) is 9.03. The second-order valence-corrected chi connectivity index (χ2v) is 4.93. The number of benzene rings is 2. The molecule has 0 radical (unpaired) electrons. The van der Waals surface area contributed by atoms with Gasteiger partial charge in [0.05, 0.1) is 0 Å². The van der Waals surface area contributed by atoms with Crippen LogP contribution >= 0.6 is 11.8 Å². The summed E-state index contributed by atoms with van der Waals surface area (Å²) < 4.78 is 0. The minimum absolute atomic E-state index is 1.25. The van der Waals surface area contributed by atoms with Crippen molar-refractivity contribution in [3.8, 4) is 0 Å². The van der Waals surface area contributed by atoms with Gasteiger partial charge in [0.25, 0.3) is 0 Å². The molecule has 0 aliphatic carbocycles. The zero-order valence-electron chi connectivity index (χ0n) is 8.21. The van der Waals surface area contributed by atoms with E-state index in [1.807, 2.05) is 11.8 Å². The molecule has 0 unspecified atom stereocenters. The molecule has 1 heterocycles. The van der Waals surface area contributed by atoms with Crippen LogP contribution in [-0.4, -0.2) is 5.75 Å². The second kappa shape index (κ2) is 3.03. The van der Waals surface area contributed by atoms with Crippen LogP contribution in [0.4, 0.5) is 0 Å². The summed E-state index contributed by atoms with van der Waals surface area (Å²) in [4.78, 5) is 1.53. The molecule has 0 nitrogen and oxygen atoms in total. The first kappa shape index (κ1) is 8.37. The minimum Gasteiger partial charge on any atom is -0.125 e. The monoisotopic (exact) mass is 200 g/mol. The van der Waals surface area contributed by atoms with E-state index in [0.29, 0.717) is 0 Å². The molecule has 0 amide bonds. The lowest BCUT2D eigenvalue weighted by Crippen LogP contribution is -1.87. The summed E-state index contributed by atoms with van der Waals surface area (Å²) in [5, 5.41) is 2.83. The molecule has 0 atom stereocenters. The molecule has 1 heteroatoms. The molecule has 70 valence electrons. The molecule has 0 spiro atoms. The van der Waals surface area contributed by atoms with Crippen LogP contribution in [0, 0.1) is 6.92 Å². The molecule has 2 aromatic carbocycles. The average Bonchev–Trinajstić information content (AvgIpc) is 2.67. The predicted molar refractivity (Wildman–Crippen MR) is 63.1 cm³/mol. The SMILES string of the molecule is Cc1cc2ccccc2c2c1CCS2. The van der Waals surface area contributed by atoms with Crippen LogP contribution in [-0.2, 0) is 6.42 Å². The first-order chi connectivity index (χ1) is 6.86. The summed E-state index contributed by atoms with van der Waals surface area (Å²) in [5.74, 6) is 1.25. The third kappa shape index (κ3) is 1.09. The maximum atomic E-state index is 2.32. The van der Waals surface area contributed by atoms with Gasteiger partial charge in [0.15, 0.2) is 0 Å². The van der Waals surface area contributed by atoms with E-state index >= 15 is 0 Å². The Bertz CT molecular complexity index is 500. The van der Waals surface area contributed by atoms with Crippen LogP contribution in [0.2, 0.25) is 0 Å². The Morgan fingerprint density at radius 2 is 2.07 bits per heavy atom. The van der Waals surface area contributed by atoms with E-state index in [-0.39, 0.29) is 0 Å². The predicted octanol–water partition coefficient (Wildman–Crippen LogP) is 3.80. The van der Waals surface area contributed by atoms with Gasteiger partial charge in [-0.25, -0.2) is 0 Å². The van der Waals surface area contributed by atoms with Crippen LogP contribution in [0.15, 0.2) is 35.2 Å². The third-order valence-electron chi connectivity index (χ3n) is 2.93. The van der Waals surface area contributed by atoms with E-state index in [2.05, 4.69) is 37.3 Å². The molecule has 0 saturated carbocycles. The van der Waals surface area contributed by atoms with E-state index < -0.39 is 0 Å². The van der Waals surface area contributed by atoms with Crippen LogP contribution in [0.1, 0.15) is 11.1 Å². The van der Waals surface area contributed by atoms with Crippen molar-refractivity contribution in [2.75, 3.05) is 5.75 Å². The molecular weight excluding hydrogens is 188 g/mol. The summed E-state index contributed by atoms with van der Waals surface area (Å²) in [7, 11) is 0. The third-order valence-corrected chi connectivity index (χ3v) is 4.09. The Morgan fingerprint density at radius 1 is 1.21 bits per heavy atom. The van der Waals surface area contributed by atoms with Gasteiger partial charge in [-0.2, -0.15) is 0 Å². The van der Waals surface area contributed by atoms with Crippen LogP contribution in [0.25, 0.3) is 10.8 Å². The molecule has 0 fully saturated rings. The molecule has 0 bridgehead atoms. The van der Waals surface area contributed by atoms with Crippen molar-refractivity contribution in [2.24, 2.45) is 0 Å². The maximum Gasteiger partial charge on any atom is 0.0186 e. The fraction of sp³-hybridized carbons (Fsp3) is 0.231. The normalized spacial score (nSPS) is 14.6. The van der Waals surface area contributed by atoms with Crippen LogP contribution in [0.5, 0.6) is 0 Å². The molecular formula is C13H12S. The molecule has 1 aliphatic heterocycles. The van der Waals surface area contributed by atoms with Crippen LogP contribution < -0.4 is 0 Å². The number of hydrogen-bond donors (Lipinski definition) is 0. The van der Waals surface area contributed by atoms with Crippen molar-refractivity contribution in [2.45, 2.75) is 18.2 Å². The van der Waals surface area contributed by atoms with Gasteiger partial charge in [-0.3, -0.25) is 0 Å². The highest BCUT2D eigenvalue weighted by Gasteiger charge is 2.16. The minimum atomic E-state index is 1.25. The van der Waals surface area contributed by atoms with Crippen molar-refractivity contribution in [1.82, 2.24) is 0 Å². The van der Waals surface area contributed by atoms with Crippen molar-refractivity contribution < 1.29 is 0 Å². The summed E-state index contributed by atoms with van der Waals surface area (Å²) in [6.07, 6.45) is 1.25. The van der Waals surface area contributed by atoms with Gasteiger partial charge in [-0.15, -0.1) is 11.8 Å². The summed E-state index contributed by atoms with van der Waals surface area (Å²) in [6.45, 7) is 2.23. The first-order valence-corrected chi connectivity index (χ1v) is 5.99. The lowest BCUT2D eigenvalue weighted by atomic mass is 10.0. The van der Waals surface area contributed by atoms with Gasteiger partial charge in [-0.05, 0) is 35.2 Å². The van der Waals surface area contributed by atoms with E-state index in [1.54, 1.807) is 5.56 Å². The Kier molecular flexibility index (Phi) is 1.81. The van der Waals surface area contributed by atoms with E-state index in [9.17, 15) is 0 Å². The molecule has 0 N–H and O–H groups in total. The number of rotatable bonds is 0. The number of aryl methyl sites for hydroxylation is 1. The Balaban J connectivity index is 2.46. The number of thioether (sulfide) groups is 1. The topological polar surface area (TPSA) is 0 Å². The molecule has 2 aromatic rings. The Morgan fingerprint density at radius 3 is 3.00 bits per heavy atom. The van der Waals surface area contributed by atoms with E-state index in [4.69, 9.17) is 0 Å². The first-order valence-electron chi connectivity index (χ1n) is 5.00. The molecule has 3 rings (SSSR count). The standard InChI is InChI=1S/C13H12S/c1-9-8-10-4-2-3-5-12(10)13-11(9)6-7-14-13/h2-5,8H,6-7H2,1H3. The van der Waals surface area contributed by atoms with Crippen molar-refractivity contribution in [3.05, 3.63) is 41.5 Å². The van der Waals surface area contributed by atoms with Crippen molar-refractivity contribution >= 4 is 22.5 Å². The highest BCUT2D eigenvalue weighted by Crippen LogP contribution is 2.39. The number of hydrogen-bond acceptors (Lipinski definition) is 1.